The highest BCUT2D eigenvalue weighted by molar-refractivity contribution is 7.55. The molecule has 6 aromatic heterocycles. The Morgan fingerprint density at radius 1 is 0.442 bits per heavy atom. The molecule has 4 unspecified atom stereocenters. The topological polar surface area (TPSA) is 621 Å². The van der Waals surface area contributed by atoms with E-state index in [1.807, 2.05) is 0 Å². The summed E-state index contributed by atoms with van der Waals surface area (Å²) in [5.41, 5.74) is 27.3. The van der Waals surface area contributed by atoms with Gasteiger partial charge in [0.25, 0.3) is 16.7 Å². The van der Waals surface area contributed by atoms with E-state index in [9.17, 15) is 71.0 Å². The van der Waals surface area contributed by atoms with E-state index in [1.54, 1.807) is 133 Å². The molecule has 0 bridgehead atoms. The first-order chi connectivity index (χ1) is 56.6. The van der Waals surface area contributed by atoms with E-state index in [-0.39, 0.29) is 105 Å². The Hall–Kier alpha value is -10.1. The van der Waals surface area contributed by atoms with E-state index in [0.29, 0.717) is 0 Å². The maximum atomic E-state index is 14.4. The van der Waals surface area contributed by atoms with Crippen molar-refractivity contribution in [3.63, 3.8) is 0 Å². The van der Waals surface area contributed by atoms with Crippen LogP contribution < -0.4 is 64.7 Å². The average Bonchev–Trinajstić information content (AvgIpc) is 1.60. The Kier molecular flexibility index (Phi) is 29.5. The number of aromatic nitrogens is 12. The molecule has 3 aromatic carbocycles. The van der Waals surface area contributed by atoms with Crippen molar-refractivity contribution in [1.29, 1.82) is 0 Å². The van der Waals surface area contributed by atoms with Crippen molar-refractivity contribution in [2.45, 2.75) is 153 Å². The fourth-order valence-electron chi connectivity index (χ4n) is 12.8. The number of carbonyl (C=O) groups excluding carboxylic acids is 3. The second kappa shape index (κ2) is 38.3. The van der Waals surface area contributed by atoms with Gasteiger partial charge >= 0.3 is 40.7 Å². The molecule has 0 saturated carbocycles. The summed E-state index contributed by atoms with van der Waals surface area (Å²) in [5.74, 6) is -4.40. The number of ether oxygens (including phenoxy) is 6. The number of nitrogen functional groups attached to an aromatic ring is 3. The number of alkyl halides is 3. The van der Waals surface area contributed by atoms with Crippen LogP contribution in [-0.4, -0.2) is 222 Å². The Bertz CT molecular complexity index is 4870. The van der Waals surface area contributed by atoms with E-state index in [4.69, 9.17) is 90.0 Å². The highest BCUT2D eigenvalue weighted by Gasteiger charge is 2.59. The van der Waals surface area contributed by atoms with Gasteiger partial charge < -0.3 is 91.7 Å². The van der Waals surface area contributed by atoms with Crippen molar-refractivity contribution in [3.8, 4) is 17.2 Å². The third kappa shape index (κ3) is 21.1. The highest BCUT2D eigenvalue weighted by atomic mass is 31.2. The minimum atomic E-state index is -4.08. The number of rotatable bonds is 33. The van der Waals surface area contributed by atoms with Crippen molar-refractivity contribution < 1.29 is 112 Å². The molecule has 654 valence electrons. The van der Waals surface area contributed by atoms with Crippen LogP contribution in [0.4, 0.5) is 31.0 Å². The van der Waals surface area contributed by atoms with Gasteiger partial charge in [-0.3, -0.25) is 71.0 Å². The first-order valence-corrected chi connectivity index (χ1v) is 42.6. The van der Waals surface area contributed by atoms with Gasteiger partial charge in [0.2, 0.25) is 17.8 Å². The van der Waals surface area contributed by atoms with Gasteiger partial charge in [-0.1, -0.05) is 75.4 Å². The molecule has 3 aliphatic heterocycles. The van der Waals surface area contributed by atoms with Crippen LogP contribution in [0, 0.1) is 17.8 Å². The molecule has 120 heavy (non-hydrogen) atoms. The van der Waals surface area contributed by atoms with Crippen molar-refractivity contribution >= 4 is 92.0 Å². The first-order valence-electron chi connectivity index (χ1n) is 37.4. The number of H-pyrrole nitrogens is 3. The summed E-state index contributed by atoms with van der Waals surface area (Å²) in [7, 11) is -12.2. The first kappa shape index (κ1) is 92.2. The number of hydrogen-bond donors (Lipinski definition) is 12. The lowest BCUT2D eigenvalue weighted by Gasteiger charge is -2.30. The summed E-state index contributed by atoms with van der Waals surface area (Å²) >= 11 is 0. The predicted molar refractivity (Wildman–Crippen MR) is 424 cm³/mol. The van der Waals surface area contributed by atoms with E-state index < -0.39 is 187 Å². The summed E-state index contributed by atoms with van der Waals surface area (Å²) < 4.78 is 156. The number of nitrogens with two attached hydrogens (primary N) is 6. The molecule has 12 rings (SSSR count). The van der Waals surface area contributed by atoms with Gasteiger partial charge in [0.05, 0.1) is 93.4 Å². The largest absolute Gasteiger partial charge is 0.463 e. The highest BCUT2D eigenvalue weighted by Crippen LogP contribution is 2.55. The zero-order chi connectivity index (χ0) is 87.7. The smallest absolute Gasteiger partial charge is 0.380 e. The monoisotopic (exact) mass is 1750 g/mol. The number of aliphatic hydroxyl groups is 3. The predicted octanol–water partition coefficient (Wildman–Crippen LogP) is 4.51. The average molecular weight is 1750 g/mol. The lowest BCUT2D eigenvalue weighted by Crippen LogP contribution is -2.56. The number of esters is 3. The van der Waals surface area contributed by atoms with Crippen LogP contribution in [0.3, 0.4) is 0 Å². The fourth-order valence-corrected chi connectivity index (χ4v) is 18.4. The minimum Gasteiger partial charge on any atom is -0.463 e. The quantitative estimate of drug-likeness (QED) is 0.0153. The Balaban J connectivity index is 0.000000189. The SMILES string of the molecule is CC(C)OC(=O)[C@H](C)CP(=O)(OC[C@H]1O[C@@H](n2cnc3c(=O)[nH]c(N)nc32)C(N)(CF)[C@H]1O)Oc1ccccc1.CC(C)OC(=O)[C@H](C)C[P@@](=O)(OC[C@H]1O[C@@H](n2cnc3c(=O)[nH]c(N)nc32)C(N)(CF)[C@H]1O)Oc1ccccc1.CC(C)OC(=O)[C@H](C)C[P@](=O)(OC[C@H]1O[C@@H](n2cnc3c(=O)[nH]c(N)nc32)C(N)(CF)[C@H]1O)Oc1ccccc1. The molecular formula is C72H96F3N18O24P3. The van der Waals surface area contributed by atoms with Gasteiger partial charge in [-0.05, 0) is 77.9 Å². The number of aliphatic hydroxyl groups excluding tert-OH is 3. The lowest BCUT2D eigenvalue weighted by atomic mass is 9.92. The molecule has 42 nitrogen and oxygen atoms in total. The van der Waals surface area contributed by atoms with Gasteiger partial charge in [0.15, 0.2) is 52.2 Å². The molecule has 18 atom stereocenters. The number of hydrogen-bond acceptors (Lipinski definition) is 36. The summed E-state index contributed by atoms with van der Waals surface area (Å²) in [6, 6.07) is 24.5. The molecule has 3 aliphatic rings. The number of benzene rings is 3. The number of nitrogens with zero attached hydrogens (tertiary/aromatic N) is 9. The van der Waals surface area contributed by atoms with E-state index in [0.717, 1.165) is 19.0 Å². The maximum absolute atomic E-state index is 14.4. The standard InChI is InChI=1S/3C24H32FN6O8P/c3*1-13(2)37-21(34)14(3)10-40(35,39-15-7-5-4-6-8-15)36-9-16-18(32)24(27,11-25)22(38-16)31-12-28-17-19(31)29-23(26)30-20(17)33/h3*4-8,12-14,16,18,22,32H,9-11,27H2,1-3H3,(H3,26,29,30,33)/t14-,16-,18+,22-,24?,40?;14-,16-,18+,22-,24?,40+;14-,16-,18+,22-,24?,40-/m111/s1. The second-order valence-electron chi connectivity index (χ2n) is 29.6. The van der Waals surface area contributed by atoms with Crippen LogP contribution in [0.25, 0.3) is 33.5 Å². The van der Waals surface area contributed by atoms with Crippen molar-refractivity contribution in [1.82, 2.24) is 58.6 Å². The van der Waals surface area contributed by atoms with Gasteiger partial charge in [-0.15, -0.1) is 0 Å². The van der Waals surface area contributed by atoms with E-state index in [2.05, 4.69) is 44.9 Å². The number of carbonyl (C=O) groups is 3. The zero-order valence-corrected chi connectivity index (χ0v) is 69.0. The van der Waals surface area contributed by atoms with Gasteiger partial charge in [-0.25, -0.2) is 41.8 Å². The molecule has 0 amide bonds. The zero-order valence-electron chi connectivity index (χ0n) is 66.3. The Morgan fingerprint density at radius 3 is 0.892 bits per heavy atom. The minimum absolute atomic E-state index is 0.0427. The summed E-state index contributed by atoms with van der Waals surface area (Å²) in [6.07, 6.45) is -11.8. The summed E-state index contributed by atoms with van der Waals surface area (Å²) in [4.78, 5) is 105. The molecule has 3 fully saturated rings. The number of halogens is 3. The van der Waals surface area contributed by atoms with Crippen LogP contribution in [0.15, 0.2) is 124 Å². The molecular weight excluding hydrogens is 1650 g/mol. The van der Waals surface area contributed by atoms with Crippen molar-refractivity contribution in [2.24, 2.45) is 35.0 Å². The molecule has 48 heteroatoms. The van der Waals surface area contributed by atoms with E-state index in [1.165, 1.54) is 34.5 Å². The van der Waals surface area contributed by atoms with Crippen LogP contribution in [-0.2, 0) is 70.1 Å². The third-order valence-electron chi connectivity index (χ3n) is 18.8. The molecule has 3 saturated heterocycles. The molecule has 9 aromatic rings. The number of fused-ring (bicyclic) bond motifs is 3. The molecule has 0 radical (unpaired) electrons. The molecule has 0 spiro atoms. The van der Waals surface area contributed by atoms with Gasteiger partial charge in [-0.2, -0.15) is 15.0 Å². The molecule has 9 heterocycles. The van der Waals surface area contributed by atoms with Crippen molar-refractivity contribution in [2.75, 3.05) is 75.5 Å². The summed E-state index contributed by atoms with van der Waals surface area (Å²) in [5, 5.41) is 33.0. The van der Waals surface area contributed by atoms with Crippen LogP contribution in [0.1, 0.15) is 81.0 Å². The molecule has 18 N–H and O–H groups in total. The maximum Gasteiger partial charge on any atom is 0.380 e. The van der Waals surface area contributed by atoms with Crippen LogP contribution >= 0.6 is 22.8 Å². The Labute approximate surface area is 681 Å². The van der Waals surface area contributed by atoms with E-state index >= 15 is 0 Å². The number of nitrogens with one attached hydrogen (secondary N) is 3. The van der Waals surface area contributed by atoms with Gasteiger partial charge in [0, 0.05) is 0 Å². The molecule has 0 aliphatic carbocycles. The fraction of sp³-hybridized carbons (Fsp3) is 0.500. The number of para-hydroxylation sites is 3. The van der Waals surface area contributed by atoms with Crippen LogP contribution in [0.5, 0.6) is 17.2 Å². The second-order valence-corrected chi connectivity index (χ2v) is 35.7. The summed E-state index contributed by atoms with van der Waals surface area (Å²) in [6.45, 7) is 9.28. The lowest BCUT2D eigenvalue weighted by molar-refractivity contribution is -0.152. The Morgan fingerprint density at radius 2 is 0.675 bits per heavy atom. The normalized spacial score (nSPS) is 25.1. The third-order valence-corrected chi connectivity index (χ3v) is 24.9. The van der Waals surface area contributed by atoms with Crippen LogP contribution in [0.2, 0.25) is 0 Å². The number of imidazole rings is 3. The number of anilines is 3. The van der Waals surface area contributed by atoms with Crippen molar-refractivity contribution in [3.05, 3.63) is 141 Å². The number of aromatic amines is 3. The van der Waals surface area contributed by atoms with Gasteiger partial charge in [0.1, 0.15) is 90.5 Å².